The van der Waals surface area contributed by atoms with Crippen LogP contribution in [0.5, 0.6) is 0 Å². The quantitative estimate of drug-likeness (QED) is 0.171. The van der Waals surface area contributed by atoms with Crippen molar-refractivity contribution in [3.63, 3.8) is 0 Å². The molecule has 0 amide bonds. The molecule has 1 aromatic rings. The first-order chi connectivity index (χ1) is 13.6. The van der Waals surface area contributed by atoms with Gasteiger partial charge in [-0.15, -0.1) is 18.3 Å². The molecule has 0 aliphatic carbocycles. The zero-order valence-corrected chi connectivity index (χ0v) is 16.7. The first-order valence-corrected chi connectivity index (χ1v) is 10.1. The molecule has 2 rings (SSSR count). The molecule has 0 radical (unpaired) electrons. The van der Waals surface area contributed by atoms with Crippen molar-refractivity contribution >= 4 is 29.4 Å². The van der Waals surface area contributed by atoms with E-state index in [2.05, 4.69) is 22.5 Å². The van der Waals surface area contributed by atoms with Crippen LogP contribution in [0.4, 0.5) is 11.4 Å². The minimum atomic E-state index is -0.990. The molecule has 4 N–H and O–H groups in total. The number of carboxylic acids is 1. The van der Waals surface area contributed by atoms with E-state index < -0.39 is 5.97 Å². The normalized spacial score (nSPS) is 13.0. The van der Waals surface area contributed by atoms with Crippen LogP contribution in [0.2, 0.25) is 0 Å². The van der Waals surface area contributed by atoms with Gasteiger partial charge in [0, 0.05) is 12.2 Å². The highest BCUT2D eigenvalue weighted by atomic mass is 16.4. The van der Waals surface area contributed by atoms with Crippen molar-refractivity contribution in [2.75, 3.05) is 25.0 Å². The lowest BCUT2D eigenvalue weighted by Crippen LogP contribution is -2.43. The summed E-state index contributed by atoms with van der Waals surface area (Å²) in [5.74, 6) is 5.54. The van der Waals surface area contributed by atoms with E-state index in [1.807, 2.05) is 30.4 Å². The summed E-state index contributed by atoms with van der Waals surface area (Å²) in [6.07, 6.45) is 12.4. The van der Waals surface area contributed by atoms with Crippen LogP contribution < -0.4 is 11.2 Å². The second-order valence-corrected chi connectivity index (χ2v) is 6.99. The molecule has 0 unspecified atom stereocenters. The summed E-state index contributed by atoms with van der Waals surface area (Å²) in [7, 11) is 0. The van der Waals surface area contributed by atoms with E-state index in [9.17, 15) is 4.79 Å². The number of aliphatic imine (C=N–C) groups is 1. The maximum absolute atomic E-state index is 10.9. The van der Waals surface area contributed by atoms with Crippen molar-refractivity contribution < 1.29 is 9.90 Å². The minimum Gasteiger partial charge on any atom is -0.681 e. The van der Waals surface area contributed by atoms with Gasteiger partial charge in [0.05, 0.1) is 0 Å². The number of hydrogen-bond acceptors (Lipinski definition) is 3. The number of rotatable bonds is 11. The van der Waals surface area contributed by atoms with Crippen molar-refractivity contribution in [2.45, 2.75) is 51.9 Å². The zero-order valence-electron chi connectivity index (χ0n) is 16.7. The molecule has 154 valence electrons. The number of hydrazine groups is 1. The van der Waals surface area contributed by atoms with Gasteiger partial charge in [-0.1, -0.05) is 57.6 Å². The van der Waals surface area contributed by atoms with Crippen LogP contribution in [0.1, 0.15) is 57.4 Å². The number of fused-ring (bicyclic) bond motifs is 1. The van der Waals surface area contributed by atoms with E-state index in [0.717, 1.165) is 29.8 Å². The fourth-order valence-electron chi connectivity index (χ4n) is 3.06. The van der Waals surface area contributed by atoms with Gasteiger partial charge in [-0.2, -0.15) is 0 Å². The van der Waals surface area contributed by atoms with Crippen molar-refractivity contribution in [1.82, 2.24) is 5.01 Å². The molecular weight excluding hydrogens is 354 g/mol. The smallest absolute Gasteiger partial charge is 0.325 e. The summed E-state index contributed by atoms with van der Waals surface area (Å²) in [6, 6.07) is 5.80. The molecule has 28 heavy (non-hydrogen) atoms. The number of aliphatic carboxylic acids is 1. The van der Waals surface area contributed by atoms with Crippen LogP contribution in [0.15, 0.2) is 29.3 Å². The van der Waals surface area contributed by atoms with Crippen molar-refractivity contribution in [3.8, 4) is 0 Å². The Hall–Kier alpha value is -2.54. The molecule has 0 saturated heterocycles. The molecule has 1 aliphatic heterocycles. The van der Waals surface area contributed by atoms with E-state index in [1.54, 1.807) is 0 Å². The number of carboxylic acid groups (broad SMARTS) is 1. The molecule has 0 atom stereocenters. The lowest BCUT2D eigenvalue weighted by atomic mass is 10.1. The summed E-state index contributed by atoms with van der Waals surface area (Å²) < 4.78 is 0. The number of guanidine groups is 1. The first kappa shape index (κ1) is 21.8. The average molecular weight is 387 g/mol. The highest BCUT2D eigenvalue weighted by Crippen LogP contribution is 2.31. The highest BCUT2D eigenvalue weighted by Gasteiger charge is 2.10. The molecule has 0 bridgehead atoms. The number of nitrogens with zero attached hydrogens (tertiary/aromatic N) is 3. The molecule has 1 aromatic carbocycles. The third-order valence-corrected chi connectivity index (χ3v) is 4.59. The summed E-state index contributed by atoms with van der Waals surface area (Å²) in [4.78, 5) is 15.1. The lowest BCUT2D eigenvalue weighted by molar-refractivity contribution is -0.135. The van der Waals surface area contributed by atoms with Gasteiger partial charge in [-0.05, 0) is 24.1 Å². The Morgan fingerprint density at radius 3 is 2.75 bits per heavy atom. The van der Waals surface area contributed by atoms with Crippen molar-refractivity contribution in [2.24, 2.45) is 10.8 Å². The third kappa shape index (κ3) is 7.60. The van der Waals surface area contributed by atoms with E-state index in [-0.39, 0.29) is 6.54 Å². The molecular formula is C21H32N5O2-. The Labute approximate surface area is 167 Å². The Kier molecular flexibility index (Phi) is 9.34. The van der Waals surface area contributed by atoms with Gasteiger partial charge in [-0.3, -0.25) is 9.80 Å². The van der Waals surface area contributed by atoms with E-state index in [0.29, 0.717) is 19.0 Å². The van der Waals surface area contributed by atoms with Gasteiger partial charge in [-0.25, -0.2) is 10.8 Å². The summed E-state index contributed by atoms with van der Waals surface area (Å²) >= 11 is 0. The van der Waals surface area contributed by atoms with Crippen LogP contribution in [-0.2, 0) is 4.79 Å². The number of carbonyl (C=O) groups is 1. The first-order valence-electron chi connectivity index (χ1n) is 10.1. The van der Waals surface area contributed by atoms with Crippen LogP contribution in [0.25, 0.3) is 11.4 Å². The maximum atomic E-state index is 10.9. The minimum absolute atomic E-state index is 0.326. The molecule has 0 saturated carbocycles. The average Bonchev–Trinajstić information content (AvgIpc) is 2.70. The molecule has 0 fully saturated rings. The van der Waals surface area contributed by atoms with Crippen LogP contribution in [0.3, 0.4) is 0 Å². The largest absolute Gasteiger partial charge is 0.681 e. The topological polar surface area (TPSA) is 105 Å². The molecule has 0 aromatic heterocycles. The Morgan fingerprint density at radius 2 is 2.00 bits per heavy atom. The fourth-order valence-corrected chi connectivity index (χ4v) is 3.06. The number of unbranched alkanes of at least 4 members (excludes halogenated alkanes) is 6. The SMILES string of the molecule is CCCCCCCCCN(N)C(=NCC(=O)O)Nc1ccc2c(c1)C=CC[N-]2. The predicted octanol–water partition coefficient (Wildman–Crippen LogP) is 4.50. The maximum Gasteiger partial charge on any atom is 0.325 e. The monoisotopic (exact) mass is 386 g/mol. The van der Waals surface area contributed by atoms with Crippen molar-refractivity contribution in [3.05, 3.63) is 35.2 Å². The Balaban J connectivity index is 1.91. The zero-order chi connectivity index (χ0) is 20.2. The standard InChI is InChI=1S/C21H32N5O2/c1-2-3-4-5-6-7-8-14-26(22)21(24-16-20(27)28)25-18-11-12-19-17(15-18)10-9-13-23-19/h9-12,15H,2-8,13-14,16,22H2,1H3,(H,24,25)(H,27,28)/q-1. The summed E-state index contributed by atoms with van der Waals surface area (Å²) in [6.45, 7) is 3.21. The van der Waals surface area contributed by atoms with Crippen LogP contribution in [-0.4, -0.2) is 41.7 Å². The number of nitrogens with two attached hydrogens (primary N) is 1. The number of benzene rings is 1. The van der Waals surface area contributed by atoms with E-state index in [1.165, 1.54) is 37.1 Å². The molecule has 7 nitrogen and oxygen atoms in total. The Bertz CT molecular complexity index is 687. The molecule has 0 spiro atoms. The number of nitrogens with one attached hydrogen (secondary N) is 1. The van der Waals surface area contributed by atoms with Gasteiger partial charge in [0.25, 0.3) is 0 Å². The van der Waals surface area contributed by atoms with E-state index >= 15 is 0 Å². The lowest BCUT2D eigenvalue weighted by Gasteiger charge is -2.27. The van der Waals surface area contributed by atoms with E-state index in [4.69, 9.17) is 10.9 Å². The van der Waals surface area contributed by atoms with Gasteiger partial charge in [0.15, 0.2) is 0 Å². The summed E-state index contributed by atoms with van der Waals surface area (Å²) in [5, 5.41) is 18.1. The summed E-state index contributed by atoms with van der Waals surface area (Å²) in [5.41, 5.74) is 2.77. The van der Waals surface area contributed by atoms with Gasteiger partial charge in [0.2, 0.25) is 5.96 Å². The van der Waals surface area contributed by atoms with Crippen LogP contribution >= 0.6 is 0 Å². The molecule has 1 heterocycles. The van der Waals surface area contributed by atoms with Gasteiger partial charge in [0.1, 0.15) is 6.54 Å². The second kappa shape index (κ2) is 12.0. The third-order valence-electron chi connectivity index (χ3n) is 4.59. The molecule has 1 aliphatic rings. The second-order valence-electron chi connectivity index (χ2n) is 6.99. The number of hydrogen-bond donors (Lipinski definition) is 3. The molecule has 7 heteroatoms. The van der Waals surface area contributed by atoms with Crippen LogP contribution in [0, 0.1) is 0 Å². The van der Waals surface area contributed by atoms with Crippen molar-refractivity contribution in [1.29, 1.82) is 0 Å². The fraction of sp³-hybridized carbons (Fsp3) is 0.524. The Morgan fingerprint density at radius 1 is 1.25 bits per heavy atom. The predicted molar refractivity (Wildman–Crippen MR) is 116 cm³/mol. The van der Waals surface area contributed by atoms with Gasteiger partial charge >= 0.3 is 5.97 Å². The highest BCUT2D eigenvalue weighted by molar-refractivity contribution is 5.95. The number of anilines is 1. The van der Waals surface area contributed by atoms with Gasteiger partial charge < -0.3 is 15.7 Å².